The average Bonchev–Trinajstić information content (AvgIpc) is 2.64. The normalized spacial score (nSPS) is 10.2. The molecule has 3 rings (SSSR count). The van der Waals surface area contributed by atoms with Crippen molar-refractivity contribution in [2.45, 2.75) is 6.92 Å². The number of nitrogens with zero attached hydrogens (tertiary/aromatic N) is 2. The van der Waals surface area contributed by atoms with Crippen LogP contribution in [0.2, 0.25) is 5.02 Å². The van der Waals surface area contributed by atoms with Crippen LogP contribution in [0.5, 0.6) is 0 Å². The molecular weight excluding hydrogens is 352 g/mol. The lowest BCUT2D eigenvalue weighted by Crippen LogP contribution is -2.15. The molecule has 1 heterocycles. The van der Waals surface area contributed by atoms with Gasteiger partial charge in [0, 0.05) is 28.2 Å². The maximum Gasteiger partial charge on any atom is 0.274 e. The number of aromatic nitrogens is 2. The molecular formula is C19H15ClN4O2. The Morgan fingerprint density at radius 2 is 1.77 bits per heavy atom. The van der Waals surface area contributed by atoms with Crippen LogP contribution in [0.4, 0.5) is 17.3 Å². The zero-order valence-electron chi connectivity index (χ0n) is 13.9. The molecule has 1 amide bonds. The van der Waals surface area contributed by atoms with Crippen LogP contribution >= 0.6 is 11.6 Å². The molecule has 1 aromatic heterocycles. The Bertz CT molecular complexity index is 958. The Balaban J connectivity index is 1.74. The molecule has 6 nitrogen and oxygen atoms in total. The predicted molar refractivity (Wildman–Crippen MR) is 101 cm³/mol. The molecule has 3 aromatic rings. The first-order valence-electron chi connectivity index (χ1n) is 7.79. The van der Waals surface area contributed by atoms with Gasteiger partial charge < -0.3 is 10.6 Å². The molecule has 0 aliphatic carbocycles. The van der Waals surface area contributed by atoms with E-state index in [1.807, 2.05) is 0 Å². The molecule has 2 aromatic carbocycles. The molecule has 0 spiro atoms. The maximum absolute atomic E-state index is 12.4. The number of hydrogen-bond acceptors (Lipinski definition) is 5. The lowest BCUT2D eigenvalue weighted by molar-refractivity contribution is 0.100. The van der Waals surface area contributed by atoms with Crippen molar-refractivity contribution in [1.82, 2.24) is 9.97 Å². The summed E-state index contributed by atoms with van der Waals surface area (Å²) in [4.78, 5) is 32.2. The van der Waals surface area contributed by atoms with Crippen molar-refractivity contribution >= 4 is 40.6 Å². The van der Waals surface area contributed by atoms with Crippen molar-refractivity contribution in [2.75, 3.05) is 10.6 Å². The van der Waals surface area contributed by atoms with Gasteiger partial charge in [-0.25, -0.2) is 9.97 Å². The van der Waals surface area contributed by atoms with E-state index in [0.29, 0.717) is 16.3 Å². The number of Topliss-reactive ketones (excluding diaryl/α,β-unsaturated/α-hetero) is 1. The summed E-state index contributed by atoms with van der Waals surface area (Å²) in [7, 11) is 0. The Kier molecular flexibility index (Phi) is 5.24. The van der Waals surface area contributed by atoms with Crippen LogP contribution in [0.1, 0.15) is 27.8 Å². The third-order valence-electron chi connectivity index (χ3n) is 3.52. The fourth-order valence-corrected chi connectivity index (χ4v) is 2.34. The topological polar surface area (TPSA) is 84.0 Å². The molecule has 130 valence electrons. The van der Waals surface area contributed by atoms with Crippen LogP contribution in [0.3, 0.4) is 0 Å². The van der Waals surface area contributed by atoms with Gasteiger partial charge in [-0.2, -0.15) is 0 Å². The van der Waals surface area contributed by atoms with Crippen LogP contribution in [0.25, 0.3) is 0 Å². The summed E-state index contributed by atoms with van der Waals surface area (Å²) < 4.78 is 0. The van der Waals surface area contributed by atoms with Gasteiger partial charge in [-0.1, -0.05) is 23.7 Å². The largest absolute Gasteiger partial charge is 0.324 e. The second kappa shape index (κ2) is 7.76. The average molecular weight is 367 g/mol. The van der Waals surface area contributed by atoms with E-state index in [4.69, 9.17) is 11.6 Å². The second-order valence-corrected chi connectivity index (χ2v) is 5.92. The monoisotopic (exact) mass is 366 g/mol. The van der Waals surface area contributed by atoms with Crippen molar-refractivity contribution in [3.8, 4) is 0 Å². The summed E-state index contributed by atoms with van der Waals surface area (Å²) in [5, 5.41) is 6.36. The van der Waals surface area contributed by atoms with Gasteiger partial charge in [0.15, 0.2) is 5.78 Å². The minimum absolute atomic E-state index is 0.0717. The first-order chi connectivity index (χ1) is 12.5. The minimum atomic E-state index is -0.396. The van der Waals surface area contributed by atoms with Gasteiger partial charge in [0.1, 0.15) is 5.69 Å². The highest BCUT2D eigenvalue weighted by atomic mass is 35.5. The fourth-order valence-electron chi connectivity index (χ4n) is 2.22. The van der Waals surface area contributed by atoms with Crippen molar-refractivity contribution in [3.63, 3.8) is 0 Å². The van der Waals surface area contributed by atoms with E-state index < -0.39 is 5.91 Å². The number of halogens is 1. The number of amides is 1. The molecule has 0 atom stereocenters. The summed E-state index contributed by atoms with van der Waals surface area (Å²) in [6.07, 6.45) is 1.49. The summed E-state index contributed by atoms with van der Waals surface area (Å²) in [6, 6.07) is 15.3. The third kappa shape index (κ3) is 4.43. The standard InChI is InChI=1S/C19H15ClN4O2/c1-12(25)13-3-2-4-16(11-13)22-18(26)17-9-10-21-19(24-17)23-15-7-5-14(20)6-8-15/h2-11H,1H3,(H,22,26)(H,21,23,24). The molecule has 26 heavy (non-hydrogen) atoms. The highest BCUT2D eigenvalue weighted by Gasteiger charge is 2.10. The summed E-state index contributed by atoms with van der Waals surface area (Å²) in [5.74, 6) is -0.178. The molecule has 0 saturated heterocycles. The SMILES string of the molecule is CC(=O)c1cccc(NC(=O)c2ccnc(Nc3ccc(Cl)cc3)n2)c1. The van der Waals surface area contributed by atoms with Gasteiger partial charge in [0.25, 0.3) is 5.91 Å². The quantitative estimate of drug-likeness (QED) is 0.656. The summed E-state index contributed by atoms with van der Waals surface area (Å²) in [5.41, 5.74) is 2.00. The van der Waals surface area contributed by atoms with Crippen molar-refractivity contribution in [3.05, 3.63) is 77.1 Å². The van der Waals surface area contributed by atoms with E-state index in [-0.39, 0.29) is 17.4 Å². The number of anilines is 3. The number of benzene rings is 2. The van der Waals surface area contributed by atoms with Gasteiger partial charge in [0.05, 0.1) is 0 Å². The minimum Gasteiger partial charge on any atom is -0.324 e. The third-order valence-corrected chi connectivity index (χ3v) is 3.77. The smallest absolute Gasteiger partial charge is 0.274 e. The van der Waals surface area contributed by atoms with Crippen molar-refractivity contribution in [2.24, 2.45) is 0 Å². The molecule has 0 fully saturated rings. The Morgan fingerprint density at radius 3 is 2.50 bits per heavy atom. The van der Waals surface area contributed by atoms with Crippen LogP contribution < -0.4 is 10.6 Å². The zero-order chi connectivity index (χ0) is 18.5. The number of hydrogen-bond donors (Lipinski definition) is 2. The molecule has 0 unspecified atom stereocenters. The van der Waals surface area contributed by atoms with Crippen molar-refractivity contribution < 1.29 is 9.59 Å². The number of ketones is 1. The van der Waals surface area contributed by atoms with E-state index in [1.54, 1.807) is 48.5 Å². The number of nitrogens with one attached hydrogen (secondary N) is 2. The highest BCUT2D eigenvalue weighted by molar-refractivity contribution is 6.30. The van der Waals surface area contributed by atoms with Gasteiger partial charge in [-0.05, 0) is 49.4 Å². The number of rotatable bonds is 5. The first kappa shape index (κ1) is 17.6. The fraction of sp³-hybridized carbons (Fsp3) is 0.0526. The molecule has 0 saturated carbocycles. The van der Waals surface area contributed by atoms with Gasteiger partial charge in [-0.3, -0.25) is 9.59 Å². The summed E-state index contributed by atoms with van der Waals surface area (Å²) >= 11 is 5.86. The number of carbonyl (C=O) groups is 2. The molecule has 2 N–H and O–H groups in total. The van der Waals surface area contributed by atoms with Crippen LogP contribution in [0, 0.1) is 0 Å². The molecule has 7 heteroatoms. The number of carbonyl (C=O) groups excluding carboxylic acids is 2. The lowest BCUT2D eigenvalue weighted by atomic mass is 10.1. The van der Waals surface area contributed by atoms with Crippen molar-refractivity contribution in [1.29, 1.82) is 0 Å². The van der Waals surface area contributed by atoms with E-state index in [1.165, 1.54) is 19.2 Å². The van der Waals surface area contributed by atoms with Crippen LogP contribution in [0.15, 0.2) is 60.8 Å². The maximum atomic E-state index is 12.4. The summed E-state index contributed by atoms with van der Waals surface area (Å²) in [6.45, 7) is 1.47. The predicted octanol–water partition coefficient (Wildman–Crippen LogP) is 4.33. The Hall–Kier alpha value is -3.25. The molecule has 0 aliphatic rings. The van der Waals surface area contributed by atoms with Crippen LogP contribution in [-0.4, -0.2) is 21.7 Å². The molecule has 0 radical (unpaired) electrons. The zero-order valence-corrected chi connectivity index (χ0v) is 14.6. The van der Waals surface area contributed by atoms with Gasteiger partial charge in [0.2, 0.25) is 5.95 Å². The molecule has 0 bridgehead atoms. The Labute approximate surface area is 155 Å². The Morgan fingerprint density at radius 1 is 1.00 bits per heavy atom. The highest BCUT2D eigenvalue weighted by Crippen LogP contribution is 2.17. The van der Waals surface area contributed by atoms with Gasteiger partial charge >= 0.3 is 0 Å². The van der Waals surface area contributed by atoms with E-state index in [0.717, 1.165) is 5.69 Å². The van der Waals surface area contributed by atoms with E-state index in [2.05, 4.69) is 20.6 Å². The molecule has 0 aliphatic heterocycles. The van der Waals surface area contributed by atoms with E-state index in [9.17, 15) is 9.59 Å². The van der Waals surface area contributed by atoms with Gasteiger partial charge in [-0.15, -0.1) is 0 Å². The second-order valence-electron chi connectivity index (χ2n) is 5.49. The van der Waals surface area contributed by atoms with Crippen LogP contribution in [-0.2, 0) is 0 Å². The first-order valence-corrected chi connectivity index (χ1v) is 8.17. The van der Waals surface area contributed by atoms with E-state index >= 15 is 0 Å². The lowest BCUT2D eigenvalue weighted by Gasteiger charge is -2.08.